The SMILES string of the molecule is Cc1cccc(N(C)Cc2ccc(C#CCO)s2)c1. The van der Waals surface area contributed by atoms with Crippen molar-refractivity contribution in [2.45, 2.75) is 13.5 Å². The summed E-state index contributed by atoms with van der Waals surface area (Å²) in [6.07, 6.45) is 0. The normalized spacial score (nSPS) is 9.84. The third kappa shape index (κ3) is 3.85. The predicted octanol–water partition coefficient (Wildman–Crippen LogP) is 3.04. The molecule has 3 heteroatoms. The van der Waals surface area contributed by atoms with Crippen LogP contribution in [-0.2, 0) is 6.54 Å². The summed E-state index contributed by atoms with van der Waals surface area (Å²) in [5.41, 5.74) is 2.49. The van der Waals surface area contributed by atoms with E-state index in [-0.39, 0.29) is 6.61 Å². The summed E-state index contributed by atoms with van der Waals surface area (Å²) in [4.78, 5) is 4.50. The van der Waals surface area contributed by atoms with Gasteiger partial charge in [0.25, 0.3) is 0 Å². The molecule has 2 aromatic rings. The average Bonchev–Trinajstić information content (AvgIpc) is 2.84. The Bertz CT molecular complexity index is 606. The van der Waals surface area contributed by atoms with Crippen molar-refractivity contribution < 1.29 is 5.11 Å². The highest BCUT2D eigenvalue weighted by molar-refractivity contribution is 7.12. The molecule has 1 N–H and O–H groups in total. The first-order valence-electron chi connectivity index (χ1n) is 6.15. The largest absolute Gasteiger partial charge is 0.384 e. The quantitative estimate of drug-likeness (QED) is 0.867. The molecule has 1 aromatic heterocycles. The smallest absolute Gasteiger partial charge is 0.104 e. The number of aryl methyl sites for hydroxylation is 1. The van der Waals surface area contributed by atoms with E-state index in [0.717, 1.165) is 11.4 Å². The molecule has 0 radical (unpaired) electrons. The summed E-state index contributed by atoms with van der Waals surface area (Å²) in [6, 6.07) is 12.6. The number of hydrogen-bond acceptors (Lipinski definition) is 3. The van der Waals surface area contributed by atoms with E-state index in [9.17, 15) is 0 Å². The second-order valence-electron chi connectivity index (χ2n) is 4.42. The zero-order valence-corrected chi connectivity index (χ0v) is 12.0. The van der Waals surface area contributed by atoms with Gasteiger partial charge in [-0.05, 0) is 36.8 Å². The Morgan fingerprint density at radius 3 is 2.84 bits per heavy atom. The first-order chi connectivity index (χ1) is 9.19. The maximum absolute atomic E-state index is 8.68. The lowest BCUT2D eigenvalue weighted by molar-refractivity contribution is 0.350. The highest BCUT2D eigenvalue weighted by Gasteiger charge is 2.04. The number of thiophene rings is 1. The first-order valence-corrected chi connectivity index (χ1v) is 6.97. The Balaban J connectivity index is 2.06. The summed E-state index contributed by atoms with van der Waals surface area (Å²) in [5, 5.41) is 8.68. The zero-order chi connectivity index (χ0) is 13.7. The molecule has 0 aliphatic heterocycles. The van der Waals surface area contributed by atoms with E-state index in [2.05, 4.69) is 61.0 Å². The Hall–Kier alpha value is -1.76. The molecule has 2 rings (SSSR count). The van der Waals surface area contributed by atoms with Gasteiger partial charge in [0.1, 0.15) is 6.61 Å². The molecule has 0 aliphatic rings. The fourth-order valence-electron chi connectivity index (χ4n) is 1.85. The van der Waals surface area contributed by atoms with Crippen LogP contribution >= 0.6 is 11.3 Å². The average molecular weight is 271 g/mol. The molecule has 0 amide bonds. The van der Waals surface area contributed by atoms with Crippen molar-refractivity contribution in [3.05, 3.63) is 51.7 Å². The van der Waals surface area contributed by atoms with Gasteiger partial charge in [0.2, 0.25) is 0 Å². The van der Waals surface area contributed by atoms with Crippen LogP contribution in [0.4, 0.5) is 5.69 Å². The maximum atomic E-state index is 8.68. The van der Waals surface area contributed by atoms with Gasteiger partial charge in [-0.25, -0.2) is 0 Å². The topological polar surface area (TPSA) is 23.5 Å². The molecular weight excluding hydrogens is 254 g/mol. The number of anilines is 1. The third-order valence-electron chi connectivity index (χ3n) is 2.79. The fraction of sp³-hybridized carbons (Fsp3) is 0.250. The standard InChI is InChI=1S/C16H17NOS/c1-13-5-3-6-14(11-13)17(2)12-16-9-8-15(19-16)7-4-10-18/h3,5-6,8-9,11,18H,10,12H2,1-2H3. The number of hydrogen-bond donors (Lipinski definition) is 1. The van der Waals surface area contributed by atoms with Crippen molar-refractivity contribution in [3.63, 3.8) is 0 Å². The summed E-state index contributed by atoms with van der Waals surface area (Å²) >= 11 is 1.67. The summed E-state index contributed by atoms with van der Waals surface area (Å²) < 4.78 is 0. The molecule has 1 heterocycles. The zero-order valence-electron chi connectivity index (χ0n) is 11.2. The number of benzene rings is 1. The molecule has 0 fully saturated rings. The second kappa shape index (κ2) is 6.42. The molecule has 0 aliphatic carbocycles. The Morgan fingerprint density at radius 2 is 2.11 bits per heavy atom. The van der Waals surface area contributed by atoms with Gasteiger partial charge < -0.3 is 10.0 Å². The number of aliphatic hydroxyl groups is 1. The van der Waals surface area contributed by atoms with Crippen LogP contribution < -0.4 is 4.90 Å². The van der Waals surface area contributed by atoms with Gasteiger partial charge >= 0.3 is 0 Å². The molecule has 98 valence electrons. The molecule has 1 aromatic carbocycles. The highest BCUT2D eigenvalue weighted by Crippen LogP contribution is 2.21. The summed E-state index contributed by atoms with van der Waals surface area (Å²) in [6.45, 7) is 2.89. The van der Waals surface area contributed by atoms with Gasteiger partial charge in [-0.1, -0.05) is 24.0 Å². The van der Waals surface area contributed by atoms with Crippen LogP contribution in [0.5, 0.6) is 0 Å². The van der Waals surface area contributed by atoms with E-state index in [1.165, 1.54) is 16.1 Å². The van der Waals surface area contributed by atoms with Crippen molar-refractivity contribution in [2.75, 3.05) is 18.6 Å². The number of aliphatic hydroxyl groups excluding tert-OH is 1. The molecule has 19 heavy (non-hydrogen) atoms. The molecule has 0 bridgehead atoms. The van der Waals surface area contributed by atoms with Gasteiger partial charge in [0.15, 0.2) is 0 Å². The summed E-state index contributed by atoms with van der Waals surface area (Å²) in [7, 11) is 2.09. The Kier molecular flexibility index (Phi) is 4.62. The maximum Gasteiger partial charge on any atom is 0.104 e. The molecule has 0 saturated heterocycles. The molecule has 0 saturated carbocycles. The minimum absolute atomic E-state index is 0.0869. The molecular formula is C16H17NOS. The van der Waals surface area contributed by atoms with Crippen LogP contribution in [0.25, 0.3) is 0 Å². The van der Waals surface area contributed by atoms with Gasteiger partial charge in [-0.2, -0.15) is 0 Å². The summed E-state index contributed by atoms with van der Waals surface area (Å²) in [5.74, 6) is 5.61. The van der Waals surface area contributed by atoms with E-state index < -0.39 is 0 Å². The fourth-order valence-corrected chi connectivity index (χ4v) is 2.78. The van der Waals surface area contributed by atoms with Crippen molar-refractivity contribution >= 4 is 17.0 Å². The molecule has 2 nitrogen and oxygen atoms in total. The van der Waals surface area contributed by atoms with Crippen molar-refractivity contribution in [2.24, 2.45) is 0 Å². The minimum atomic E-state index is -0.0869. The Labute approximate surface area is 118 Å². The lowest BCUT2D eigenvalue weighted by Crippen LogP contribution is -2.15. The minimum Gasteiger partial charge on any atom is -0.384 e. The van der Waals surface area contributed by atoms with Crippen LogP contribution in [-0.4, -0.2) is 18.8 Å². The van der Waals surface area contributed by atoms with E-state index in [4.69, 9.17) is 5.11 Å². The van der Waals surface area contributed by atoms with Gasteiger partial charge in [-0.15, -0.1) is 11.3 Å². The van der Waals surface area contributed by atoms with Gasteiger partial charge in [0, 0.05) is 17.6 Å². The van der Waals surface area contributed by atoms with E-state index in [1.54, 1.807) is 11.3 Å². The van der Waals surface area contributed by atoms with Crippen LogP contribution in [0, 0.1) is 18.8 Å². The van der Waals surface area contributed by atoms with Gasteiger partial charge in [-0.3, -0.25) is 0 Å². The van der Waals surface area contributed by atoms with E-state index in [0.29, 0.717) is 0 Å². The third-order valence-corrected chi connectivity index (χ3v) is 3.77. The number of rotatable bonds is 3. The molecule has 0 atom stereocenters. The lowest BCUT2D eigenvalue weighted by atomic mass is 10.2. The molecule has 0 spiro atoms. The second-order valence-corrected chi connectivity index (χ2v) is 5.59. The van der Waals surface area contributed by atoms with Crippen LogP contribution in [0.1, 0.15) is 15.3 Å². The van der Waals surface area contributed by atoms with Gasteiger partial charge in [0.05, 0.1) is 11.4 Å². The first kappa shape index (κ1) is 13.7. The number of nitrogens with zero attached hydrogens (tertiary/aromatic N) is 1. The van der Waals surface area contributed by atoms with Crippen LogP contribution in [0.15, 0.2) is 36.4 Å². The highest BCUT2D eigenvalue weighted by atomic mass is 32.1. The van der Waals surface area contributed by atoms with E-state index in [1.807, 2.05) is 6.07 Å². The Morgan fingerprint density at radius 1 is 1.26 bits per heavy atom. The van der Waals surface area contributed by atoms with Crippen molar-refractivity contribution in [3.8, 4) is 11.8 Å². The van der Waals surface area contributed by atoms with Crippen molar-refractivity contribution in [1.82, 2.24) is 0 Å². The van der Waals surface area contributed by atoms with Crippen LogP contribution in [0.2, 0.25) is 0 Å². The monoisotopic (exact) mass is 271 g/mol. The lowest BCUT2D eigenvalue weighted by Gasteiger charge is -2.18. The molecule has 0 unspecified atom stereocenters. The van der Waals surface area contributed by atoms with Crippen LogP contribution in [0.3, 0.4) is 0 Å². The van der Waals surface area contributed by atoms with Crippen molar-refractivity contribution in [1.29, 1.82) is 0 Å². The van der Waals surface area contributed by atoms with E-state index >= 15 is 0 Å². The predicted molar refractivity (Wildman–Crippen MR) is 81.6 cm³/mol.